The summed E-state index contributed by atoms with van der Waals surface area (Å²) in [5.74, 6) is 2.39. The molecule has 0 aliphatic carbocycles. The smallest absolute Gasteiger partial charge is 0.246 e. The lowest BCUT2D eigenvalue weighted by molar-refractivity contribution is -0.135. The molecule has 220 valence electrons. The molecular weight excluding hydrogens is 532 g/mol. The summed E-state index contributed by atoms with van der Waals surface area (Å²) >= 11 is 0. The first-order valence-electron chi connectivity index (χ1n) is 14.7. The summed E-state index contributed by atoms with van der Waals surface area (Å²) < 4.78 is 1.95. The molecule has 0 saturated carbocycles. The summed E-state index contributed by atoms with van der Waals surface area (Å²) in [5.41, 5.74) is 1.70. The number of rotatable bonds is 8. The topological polar surface area (TPSA) is 137 Å². The number of likely N-dealkylation sites (tertiary alicyclic amines) is 2. The Balaban J connectivity index is 1.09. The van der Waals surface area contributed by atoms with E-state index in [9.17, 15) is 9.59 Å². The number of hydrogen-bond acceptors (Lipinski definition) is 8. The van der Waals surface area contributed by atoms with E-state index >= 15 is 0 Å². The molecule has 0 aromatic carbocycles. The Hall–Kier alpha value is -4.48. The highest BCUT2D eigenvalue weighted by Crippen LogP contribution is 2.30. The zero-order valence-corrected chi connectivity index (χ0v) is 24.2. The maximum absolute atomic E-state index is 13.5. The van der Waals surface area contributed by atoms with E-state index < -0.39 is 0 Å². The number of carbonyl (C=O) groups is 2. The van der Waals surface area contributed by atoms with E-state index in [0.29, 0.717) is 26.1 Å². The SMILES string of the molecule is C=CC(=O)N1C[C@H](Nc2ncn(CCC(=O)N3C[C@H](Nc4ncnc5[nH]ccc45)CC[C@@H]3C)c3nccc2-3)CC[C@@H]1C. The molecule has 3 N–H and O–H groups in total. The molecule has 0 unspecified atom stereocenters. The molecule has 4 aliphatic heterocycles. The van der Waals surface area contributed by atoms with Crippen LogP contribution in [-0.2, 0) is 16.1 Å². The standard InChI is InChI=1S/C30H38N10O2/c1-4-25(41)39-15-21(7-5-19(39)2)37-29-24-10-13-32-30(24)38(18-35-29)14-11-26(42)40-16-22(8-6-20(40)3)36-28-23-9-12-31-27(23)33-17-34-28/h4,9-10,12-13,17-22,37H,1,5-8,11,14-16H2,2-3H3,(H2,31,33,34,36)/t19-,20-,21+,22+/m0/s1. The number of piperidine rings is 2. The van der Waals surface area contributed by atoms with Gasteiger partial charge < -0.3 is 30.0 Å². The fraction of sp³-hybridized carbons (Fsp3) is 0.467. The molecule has 12 heteroatoms. The largest absolute Gasteiger partial charge is 0.365 e. The number of nitrogens with zero attached hydrogens (tertiary/aromatic N) is 7. The number of hydrogen-bond donors (Lipinski definition) is 3. The van der Waals surface area contributed by atoms with Gasteiger partial charge in [-0.2, -0.15) is 0 Å². The summed E-state index contributed by atoms with van der Waals surface area (Å²) in [6.07, 6.45) is 12.4. The van der Waals surface area contributed by atoms with Crippen molar-refractivity contribution in [1.82, 2.24) is 39.3 Å². The quantitative estimate of drug-likeness (QED) is 0.274. The molecule has 4 atom stereocenters. The van der Waals surface area contributed by atoms with Crippen LogP contribution in [0, 0.1) is 0 Å². The fourth-order valence-corrected chi connectivity index (χ4v) is 6.23. The number of aromatic amines is 1. The number of aryl methyl sites for hydroxylation is 1. The maximum atomic E-state index is 13.5. The minimum atomic E-state index is -0.0465. The van der Waals surface area contributed by atoms with E-state index in [4.69, 9.17) is 4.98 Å². The van der Waals surface area contributed by atoms with Gasteiger partial charge in [-0.1, -0.05) is 6.58 Å². The van der Waals surface area contributed by atoms with Crippen molar-refractivity contribution in [3.8, 4) is 11.4 Å². The second-order valence-electron chi connectivity index (χ2n) is 11.5. The van der Waals surface area contributed by atoms with E-state index in [1.54, 1.807) is 18.9 Å². The minimum Gasteiger partial charge on any atom is -0.365 e. The predicted molar refractivity (Wildman–Crippen MR) is 161 cm³/mol. The van der Waals surface area contributed by atoms with Crippen LogP contribution >= 0.6 is 0 Å². The van der Waals surface area contributed by atoms with E-state index in [-0.39, 0.29) is 36.0 Å². The average molecular weight is 571 g/mol. The molecule has 42 heavy (non-hydrogen) atoms. The molecule has 0 radical (unpaired) electrons. The molecule has 2 saturated heterocycles. The zero-order valence-electron chi connectivity index (χ0n) is 24.2. The Kier molecular flexibility index (Phi) is 7.77. The minimum absolute atomic E-state index is 0.0465. The van der Waals surface area contributed by atoms with Gasteiger partial charge in [-0.3, -0.25) is 9.59 Å². The summed E-state index contributed by atoms with van der Waals surface area (Å²) in [6, 6.07) is 4.47. The molecule has 4 aliphatic rings. The molecular formula is C30H38N10O2. The second-order valence-corrected chi connectivity index (χ2v) is 11.5. The number of fused-ring (bicyclic) bond motifs is 2. The Morgan fingerprint density at radius 3 is 2.50 bits per heavy atom. The van der Waals surface area contributed by atoms with Crippen LogP contribution in [0.5, 0.6) is 0 Å². The highest BCUT2D eigenvalue weighted by atomic mass is 16.2. The fourth-order valence-electron chi connectivity index (χ4n) is 6.23. The Bertz CT molecular complexity index is 1550. The van der Waals surface area contributed by atoms with Crippen molar-refractivity contribution in [2.75, 3.05) is 23.7 Å². The first-order valence-corrected chi connectivity index (χ1v) is 14.7. The van der Waals surface area contributed by atoms with Crippen LogP contribution in [0.1, 0.15) is 46.0 Å². The molecule has 0 bridgehead atoms. The lowest BCUT2D eigenvalue weighted by Gasteiger charge is -2.38. The van der Waals surface area contributed by atoms with Gasteiger partial charge in [0.25, 0.3) is 0 Å². The second kappa shape index (κ2) is 11.8. The van der Waals surface area contributed by atoms with Gasteiger partial charge in [0.1, 0.15) is 29.4 Å². The van der Waals surface area contributed by atoms with Crippen molar-refractivity contribution in [3.05, 3.63) is 49.8 Å². The average Bonchev–Trinajstić information content (AvgIpc) is 3.69. The van der Waals surface area contributed by atoms with Crippen LogP contribution in [-0.4, -0.2) is 88.4 Å². The third-order valence-corrected chi connectivity index (χ3v) is 8.68. The lowest BCUT2D eigenvalue weighted by atomic mass is 9.98. The van der Waals surface area contributed by atoms with E-state index in [2.05, 4.69) is 51.0 Å². The summed E-state index contributed by atoms with van der Waals surface area (Å²) in [7, 11) is 0. The van der Waals surface area contributed by atoms with E-state index in [1.807, 2.05) is 32.7 Å². The molecule has 0 spiro atoms. The van der Waals surface area contributed by atoms with Gasteiger partial charge in [-0.25, -0.2) is 19.9 Å². The van der Waals surface area contributed by atoms with Crippen LogP contribution in [0.3, 0.4) is 0 Å². The Morgan fingerprint density at radius 1 is 0.976 bits per heavy atom. The van der Waals surface area contributed by atoms with Gasteiger partial charge in [-0.05, 0) is 57.7 Å². The number of carbonyl (C=O) groups excluding carboxylic acids is 2. The highest BCUT2D eigenvalue weighted by Gasteiger charge is 2.31. The number of nitrogens with one attached hydrogen (secondary N) is 3. The van der Waals surface area contributed by atoms with Gasteiger partial charge in [0.05, 0.1) is 17.3 Å². The van der Waals surface area contributed by atoms with Crippen molar-refractivity contribution < 1.29 is 9.59 Å². The summed E-state index contributed by atoms with van der Waals surface area (Å²) in [6.45, 7) is 9.54. The Labute approximate surface area is 245 Å². The predicted octanol–water partition coefficient (Wildman–Crippen LogP) is 3.51. The number of H-pyrrole nitrogens is 1. The molecule has 2 aromatic rings. The summed E-state index contributed by atoms with van der Waals surface area (Å²) in [4.78, 5) is 50.7. The van der Waals surface area contributed by atoms with Gasteiger partial charge in [0, 0.05) is 62.6 Å². The molecule has 2 amide bonds. The summed E-state index contributed by atoms with van der Waals surface area (Å²) in [5, 5.41) is 8.02. The van der Waals surface area contributed by atoms with Crippen LogP contribution < -0.4 is 10.6 Å². The van der Waals surface area contributed by atoms with Crippen molar-refractivity contribution >= 4 is 34.5 Å². The van der Waals surface area contributed by atoms with Gasteiger partial charge in [0.2, 0.25) is 11.8 Å². The van der Waals surface area contributed by atoms with Crippen molar-refractivity contribution in [3.63, 3.8) is 0 Å². The number of anilines is 2. The highest BCUT2D eigenvalue weighted by molar-refractivity contribution is 5.88. The number of aromatic nitrogens is 6. The first kappa shape index (κ1) is 27.7. The van der Waals surface area contributed by atoms with Gasteiger partial charge >= 0.3 is 0 Å². The van der Waals surface area contributed by atoms with Crippen LogP contribution in [0.2, 0.25) is 0 Å². The van der Waals surface area contributed by atoms with E-state index in [1.165, 1.54) is 6.08 Å². The molecule has 2 aromatic heterocycles. The van der Waals surface area contributed by atoms with Crippen LogP contribution in [0.15, 0.2) is 49.8 Å². The van der Waals surface area contributed by atoms with Crippen molar-refractivity contribution in [2.24, 2.45) is 0 Å². The van der Waals surface area contributed by atoms with Crippen LogP contribution in [0.25, 0.3) is 22.4 Å². The zero-order chi connectivity index (χ0) is 29.2. The normalized spacial score (nSPS) is 22.8. The molecule has 6 rings (SSSR count). The maximum Gasteiger partial charge on any atom is 0.246 e. The van der Waals surface area contributed by atoms with Gasteiger partial charge in [-0.15, -0.1) is 0 Å². The Morgan fingerprint density at radius 2 is 1.71 bits per heavy atom. The third kappa shape index (κ3) is 5.53. The van der Waals surface area contributed by atoms with Crippen LogP contribution in [0.4, 0.5) is 11.6 Å². The van der Waals surface area contributed by atoms with E-state index in [0.717, 1.165) is 59.7 Å². The first-order chi connectivity index (χ1) is 20.4. The molecule has 12 nitrogen and oxygen atoms in total. The monoisotopic (exact) mass is 570 g/mol. The lowest BCUT2D eigenvalue weighted by Crippen LogP contribution is -2.50. The number of amides is 2. The van der Waals surface area contributed by atoms with Crippen molar-refractivity contribution in [1.29, 1.82) is 0 Å². The third-order valence-electron chi connectivity index (χ3n) is 8.68. The van der Waals surface area contributed by atoms with Crippen molar-refractivity contribution in [2.45, 2.75) is 76.7 Å². The molecule has 6 heterocycles. The molecule has 2 fully saturated rings. The van der Waals surface area contributed by atoms with Gasteiger partial charge in [0.15, 0.2) is 0 Å².